The van der Waals surface area contributed by atoms with Crippen LogP contribution in [-0.4, -0.2) is 29.6 Å². The van der Waals surface area contributed by atoms with Crippen LogP contribution in [0.5, 0.6) is 0 Å². The van der Waals surface area contributed by atoms with Crippen molar-refractivity contribution >= 4 is 15.9 Å². The summed E-state index contributed by atoms with van der Waals surface area (Å²) in [6, 6.07) is 4.99. The third-order valence-corrected chi connectivity index (χ3v) is 5.27. The van der Waals surface area contributed by atoms with Crippen molar-refractivity contribution in [3.63, 3.8) is 0 Å². The van der Waals surface area contributed by atoms with Crippen LogP contribution >= 0.6 is 15.9 Å². The number of likely N-dealkylation sites (tertiary alicyclic amines) is 1. The van der Waals surface area contributed by atoms with Gasteiger partial charge in [-0.05, 0) is 70.0 Å². The molecule has 1 aliphatic rings. The highest BCUT2D eigenvalue weighted by Gasteiger charge is 2.33. The average molecular weight is 357 g/mol. The van der Waals surface area contributed by atoms with Crippen LogP contribution in [0.4, 0.5) is 4.39 Å². The minimum atomic E-state index is -0.166. The first-order valence-electron chi connectivity index (χ1n) is 7.86. The molecule has 0 aliphatic carbocycles. The zero-order valence-corrected chi connectivity index (χ0v) is 14.6. The first-order chi connectivity index (χ1) is 9.91. The lowest BCUT2D eigenvalue weighted by Crippen LogP contribution is -2.57. The fraction of sp³-hybridized carbons (Fsp3) is 0.647. The maximum atomic E-state index is 13.9. The fourth-order valence-corrected chi connectivity index (χ4v) is 3.48. The monoisotopic (exact) mass is 356 g/mol. The van der Waals surface area contributed by atoms with Gasteiger partial charge in [0.15, 0.2) is 0 Å². The summed E-state index contributed by atoms with van der Waals surface area (Å²) in [6.07, 6.45) is 5.65. The molecule has 1 atom stereocenters. The molecule has 1 saturated heterocycles. The smallest absolute Gasteiger partial charge is 0.126 e. The van der Waals surface area contributed by atoms with Gasteiger partial charge in [0.25, 0.3) is 0 Å². The molecule has 118 valence electrons. The molecule has 0 spiro atoms. The number of hydrogen-bond acceptors (Lipinski definition) is 2. The molecule has 2 rings (SSSR count). The predicted molar refractivity (Wildman–Crippen MR) is 89.9 cm³/mol. The minimum absolute atomic E-state index is 0.0839. The van der Waals surface area contributed by atoms with E-state index in [2.05, 4.69) is 34.7 Å². The van der Waals surface area contributed by atoms with Crippen LogP contribution in [0, 0.1) is 5.82 Å². The van der Waals surface area contributed by atoms with Gasteiger partial charge in [0.05, 0.1) is 0 Å². The minimum Gasteiger partial charge on any atom is -0.326 e. The number of halogens is 2. The Hall–Kier alpha value is -0.450. The van der Waals surface area contributed by atoms with E-state index in [4.69, 9.17) is 5.73 Å². The molecule has 1 heterocycles. The van der Waals surface area contributed by atoms with Crippen LogP contribution in [0.3, 0.4) is 0 Å². The summed E-state index contributed by atoms with van der Waals surface area (Å²) < 4.78 is 14.8. The van der Waals surface area contributed by atoms with Crippen molar-refractivity contribution in [2.45, 2.75) is 57.5 Å². The molecular formula is C17H26BrFN2. The van der Waals surface area contributed by atoms with Crippen molar-refractivity contribution in [2.75, 3.05) is 13.1 Å². The number of hydrogen-bond donors (Lipinski definition) is 1. The topological polar surface area (TPSA) is 29.3 Å². The highest BCUT2D eigenvalue weighted by atomic mass is 79.9. The van der Waals surface area contributed by atoms with E-state index < -0.39 is 0 Å². The van der Waals surface area contributed by atoms with Crippen LogP contribution in [-0.2, 0) is 6.42 Å². The maximum Gasteiger partial charge on any atom is 0.126 e. The SMILES string of the molecule is CC(C)(C(N)Cc1cc(Br)ccc1F)N1CCCCCC1. The fourth-order valence-electron chi connectivity index (χ4n) is 3.07. The lowest BCUT2D eigenvalue weighted by Gasteiger charge is -2.42. The van der Waals surface area contributed by atoms with Crippen LogP contribution < -0.4 is 5.73 Å². The van der Waals surface area contributed by atoms with Gasteiger partial charge in [-0.2, -0.15) is 0 Å². The molecule has 0 saturated carbocycles. The van der Waals surface area contributed by atoms with Crippen molar-refractivity contribution in [3.8, 4) is 0 Å². The molecule has 21 heavy (non-hydrogen) atoms. The summed E-state index contributed by atoms with van der Waals surface area (Å²) in [5, 5.41) is 0. The molecule has 1 aromatic carbocycles. The summed E-state index contributed by atoms with van der Waals surface area (Å²) in [6.45, 7) is 6.58. The Bertz CT molecular complexity index is 468. The normalized spacial score (nSPS) is 19.3. The van der Waals surface area contributed by atoms with Crippen LogP contribution in [0.1, 0.15) is 45.1 Å². The van der Waals surface area contributed by atoms with Gasteiger partial charge < -0.3 is 5.73 Å². The molecular weight excluding hydrogens is 331 g/mol. The van der Waals surface area contributed by atoms with Crippen molar-refractivity contribution < 1.29 is 4.39 Å². The van der Waals surface area contributed by atoms with Gasteiger partial charge >= 0.3 is 0 Å². The molecule has 0 radical (unpaired) electrons. The van der Waals surface area contributed by atoms with Crippen molar-refractivity contribution in [1.29, 1.82) is 0 Å². The highest BCUT2D eigenvalue weighted by molar-refractivity contribution is 9.10. The molecule has 0 bridgehead atoms. The Labute approximate surface area is 136 Å². The standard InChI is InChI=1S/C17H26BrFN2/c1-17(2,21-9-5-3-4-6-10-21)16(20)12-13-11-14(18)7-8-15(13)19/h7-8,11,16H,3-6,9-10,12,20H2,1-2H3. The molecule has 4 heteroatoms. The largest absolute Gasteiger partial charge is 0.326 e. The summed E-state index contributed by atoms with van der Waals surface area (Å²) in [5.41, 5.74) is 7.04. The predicted octanol–water partition coefficient (Wildman–Crippen LogP) is 4.11. The Morgan fingerprint density at radius 2 is 1.86 bits per heavy atom. The molecule has 1 aromatic rings. The lowest BCUT2D eigenvalue weighted by atomic mass is 9.87. The van der Waals surface area contributed by atoms with Crippen molar-refractivity contribution in [2.24, 2.45) is 5.73 Å². The second-order valence-electron chi connectivity index (χ2n) is 6.60. The van der Waals surface area contributed by atoms with E-state index in [1.165, 1.54) is 31.7 Å². The molecule has 1 unspecified atom stereocenters. The van der Waals surface area contributed by atoms with Gasteiger partial charge in [-0.1, -0.05) is 28.8 Å². The van der Waals surface area contributed by atoms with Crippen LogP contribution in [0.2, 0.25) is 0 Å². The first-order valence-corrected chi connectivity index (χ1v) is 8.65. The van der Waals surface area contributed by atoms with Gasteiger partial charge in [0.1, 0.15) is 5.82 Å². The highest BCUT2D eigenvalue weighted by Crippen LogP contribution is 2.26. The van der Waals surface area contributed by atoms with Crippen LogP contribution in [0.25, 0.3) is 0 Å². The summed E-state index contributed by atoms with van der Waals surface area (Å²) in [5.74, 6) is -0.166. The zero-order valence-electron chi connectivity index (χ0n) is 13.0. The Morgan fingerprint density at radius 3 is 2.48 bits per heavy atom. The van der Waals surface area contributed by atoms with E-state index in [0.29, 0.717) is 12.0 Å². The second-order valence-corrected chi connectivity index (χ2v) is 7.52. The van der Waals surface area contributed by atoms with Gasteiger partial charge in [-0.25, -0.2) is 4.39 Å². The van der Waals surface area contributed by atoms with Crippen molar-refractivity contribution in [1.82, 2.24) is 4.90 Å². The quantitative estimate of drug-likeness (QED) is 0.879. The number of rotatable bonds is 4. The number of benzene rings is 1. The zero-order chi connectivity index (χ0) is 15.5. The van der Waals surface area contributed by atoms with E-state index in [1.807, 2.05) is 6.07 Å². The number of nitrogens with two attached hydrogens (primary N) is 1. The Kier molecular flexibility index (Phi) is 5.81. The van der Waals surface area contributed by atoms with E-state index in [-0.39, 0.29) is 17.4 Å². The van der Waals surface area contributed by atoms with E-state index in [9.17, 15) is 4.39 Å². The number of nitrogens with zero attached hydrogens (tertiary/aromatic N) is 1. The molecule has 1 fully saturated rings. The van der Waals surface area contributed by atoms with Gasteiger partial charge in [0, 0.05) is 16.1 Å². The van der Waals surface area contributed by atoms with E-state index in [1.54, 1.807) is 6.07 Å². The molecule has 0 amide bonds. The van der Waals surface area contributed by atoms with Crippen LogP contribution in [0.15, 0.2) is 22.7 Å². The summed E-state index contributed by atoms with van der Waals surface area (Å²) in [7, 11) is 0. The first kappa shape index (κ1) is 16.9. The van der Waals surface area contributed by atoms with E-state index in [0.717, 1.165) is 17.6 Å². The molecule has 1 aliphatic heterocycles. The van der Waals surface area contributed by atoms with Gasteiger partial charge in [-0.3, -0.25) is 4.90 Å². The molecule has 2 N–H and O–H groups in total. The Morgan fingerprint density at radius 1 is 1.24 bits per heavy atom. The average Bonchev–Trinajstić information content (AvgIpc) is 2.72. The third-order valence-electron chi connectivity index (χ3n) is 4.78. The van der Waals surface area contributed by atoms with Gasteiger partial charge in [-0.15, -0.1) is 0 Å². The Balaban J connectivity index is 2.09. The maximum absolute atomic E-state index is 13.9. The second kappa shape index (κ2) is 7.21. The lowest BCUT2D eigenvalue weighted by molar-refractivity contribution is 0.0976. The third kappa shape index (κ3) is 4.27. The van der Waals surface area contributed by atoms with Gasteiger partial charge in [0.2, 0.25) is 0 Å². The van der Waals surface area contributed by atoms with E-state index >= 15 is 0 Å². The molecule has 2 nitrogen and oxygen atoms in total. The molecule has 0 aromatic heterocycles. The van der Waals surface area contributed by atoms with Crippen molar-refractivity contribution in [3.05, 3.63) is 34.1 Å². The summed E-state index contributed by atoms with van der Waals surface area (Å²) in [4.78, 5) is 2.49. The summed E-state index contributed by atoms with van der Waals surface area (Å²) >= 11 is 3.41.